The van der Waals surface area contributed by atoms with Gasteiger partial charge in [0.05, 0.1) is 16.2 Å². The predicted molar refractivity (Wildman–Crippen MR) is 74.8 cm³/mol. The quantitative estimate of drug-likeness (QED) is 0.803. The molecule has 2 rings (SSSR count). The number of nitrogens with zero attached hydrogens (tertiary/aromatic N) is 2. The van der Waals surface area contributed by atoms with Gasteiger partial charge < -0.3 is 0 Å². The first-order valence-electron chi connectivity index (χ1n) is 6.06. The number of hydrogen-bond donors (Lipinski definition) is 0. The number of aromatic nitrogens is 2. The second-order valence-electron chi connectivity index (χ2n) is 4.38. The number of carbonyl (C=O) groups is 1. The topological polar surface area (TPSA) is 34.9 Å². The van der Waals surface area contributed by atoms with E-state index >= 15 is 0 Å². The van der Waals surface area contributed by atoms with Crippen LogP contribution in [0.2, 0.25) is 0 Å². The Morgan fingerprint density at radius 1 is 1.47 bits per heavy atom. The highest BCUT2D eigenvalue weighted by molar-refractivity contribution is 9.10. The zero-order valence-corrected chi connectivity index (χ0v) is 12.4. The number of aryl methyl sites for hydroxylation is 2. The highest BCUT2D eigenvalue weighted by Crippen LogP contribution is 2.22. The van der Waals surface area contributed by atoms with Crippen molar-refractivity contribution in [2.45, 2.75) is 26.8 Å². The number of halogens is 2. The van der Waals surface area contributed by atoms with Gasteiger partial charge >= 0.3 is 0 Å². The number of carbonyl (C=O) groups excluding carboxylic acids is 1. The van der Waals surface area contributed by atoms with E-state index in [0.717, 1.165) is 12.0 Å². The van der Waals surface area contributed by atoms with Crippen LogP contribution in [0.1, 0.15) is 35.0 Å². The lowest BCUT2D eigenvalue weighted by atomic mass is 10.0. The van der Waals surface area contributed by atoms with E-state index in [1.807, 2.05) is 13.8 Å². The molecule has 0 saturated carbocycles. The van der Waals surface area contributed by atoms with E-state index in [4.69, 9.17) is 0 Å². The molecule has 5 heteroatoms. The van der Waals surface area contributed by atoms with Crippen LogP contribution in [0, 0.1) is 12.7 Å². The lowest BCUT2D eigenvalue weighted by Gasteiger charge is -2.07. The third-order valence-electron chi connectivity index (χ3n) is 2.81. The summed E-state index contributed by atoms with van der Waals surface area (Å²) in [5, 5.41) is 4.13. The van der Waals surface area contributed by atoms with Gasteiger partial charge in [0.1, 0.15) is 11.5 Å². The summed E-state index contributed by atoms with van der Waals surface area (Å²) in [5.74, 6) is -0.856. The van der Waals surface area contributed by atoms with Gasteiger partial charge in [-0.2, -0.15) is 5.10 Å². The van der Waals surface area contributed by atoms with Gasteiger partial charge in [-0.25, -0.2) is 4.39 Å². The van der Waals surface area contributed by atoms with Crippen LogP contribution in [-0.2, 0) is 6.54 Å². The molecule has 0 spiro atoms. The molecule has 1 heterocycles. The molecule has 0 fully saturated rings. The minimum absolute atomic E-state index is 0.0820. The normalized spacial score (nSPS) is 10.7. The van der Waals surface area contributed by atoms with Crippen LogP contribution in [0.4, 0.5) is 4.39 Å². The highest BCUT2D eigenvalue weighted by atomic mass is 79.9. The van der Waals surface area contributed by atoms with Crippen molar-refractivity contribution in [3.8, 4) is 0 Å². The molecule has 0 atom stereocenters. The second kappa shape index (κ2) is 5.65. The molecule has 0 amide bonds. The van der Waals surface area contributed by atoms with Gasteiger partial charge in [-0.05, 0) is 41.4 Å². The van der Waals surface area contributed by atoms with Crippen LogP contribution in [0.25, 0.3) is 0 Å². The maximum Gasteiger partial charge on any atom is 0.215 e. The van der Waals surface area contributed by atoms with Crippen molar-refractivity contribution in [1.29, 1.82) is 0 Å². The summed E-state index contributed by atoms with van der Waals surface area (Å²) in [5.41, 5.74) is 1.33. The summed E-state index contributed by atoms with van der Waals surface area (Å²) < 4.78 is 16.0. The number of rotatable bonds is 4. The summed E-state index contributed by atoms with van der Waals surface area (Å²) in [7, 11) is 0. The van der Waals surface area contributed by atoms with E-state index in [2.05, 4.69) is 21.0 Å². The van der Waals surface area contributed by atoms with Gasteiger partial charge in [0.15, 0.2) is 0 Å². The third kappa shape index (κ3) is 2.76. The van der Waals surface area contributed by atoms with Gasteiger partial charge in [0.25, 0.3) is 0 Å². The van der Waals surface area contributed by atoms with E-state index in [-0.39, 0.29) is 11.3 Å². The van der Waals surface area contributed by atoms with Crippen molar-refractivity contribution in [2.75, 3.05) is 0 Å². The number of hydrogen-bond acceptors (Lipinski definition) is 2. The summed E-state index contributed by atoms with van der Waals surface area (Å²) in [6.07, 6.45) is 2.42. The smallest absolute Gasteiger partial charge is 0.215 e. The Morgan fingerprint density at radius 2 is 2.21 bits per heavy atom. The summed E-state index contributed by atoms with van der Waals surface area (Å²) in [4.78, 5) is 12.5. The minimum Gasteiger partial charge on any atom is -0.287 e. The van der Waals surface area contributed by atoms with Crippen LogP contribution in [-0.4, -0.2) is 15.6 Å². The van der Waals surface area contributed by atoms with Crippen molar-refractivity contribution < 1.29 is 9.18 Å². The Morgan fingerprint density at radius 3 is 2.89 bits per heavy atom. The largest absolute Gasteiger partial charge is 0.287 e. The zero-order chi connectivity index (χ0) is 14.0. The average Bonchev–Trinajstić information content (AvgIpc) is 2.73. The van der Waals surface area contributed by atoms with E-state index < -0.39 is 5.82 Å². The number of benzene rings is 1. The maximum atomic E-state index is 13.8. The molecule has 1 aromatic heterocycles. The first kappa shape index (κ1) is 13.9. The Bertz CT molecular complexity index is 622. The molecule has 0 aliphatic carbocycles. The first-order chi connectivity index (χ1) is 9.04. The molecular weight excluding hydrogens is 311 g/mol. The second-order valence-corrected chi connectivity index (χ2v) is 5.23. The fourth-order valence-electron chi connectivity index (χ4n) is 1.91. The SMILES string of the molecule is CCCn1ncc(Br)c1C(=O)c1cc(C)ccc1F. The van der Waals surface area contributed by atoms with Crippen LogP contribution >= 0.6 is 15.9 Å². The maximum absolute atomic E-state index is 13.8. The molecule has 0 aliphatic heterocycles. The Kier molecular flexibility index (Phi) is 4.14. The molecule has 3 nitrogen and oxygen atoms in total. The summed E-state index contributed by atoms with van der Waals surface area (Å²) >= 11 is 3.30. The fraction of sp³-hybridized carbons (Fsp3) is 0.286. The molecule has 19 heavy (non-hydrogen) atoms. The van der Waals surface area contributed by atoms with Crippen molar-refractivity contribution in [1.82, 2.24) is 9.78 Å². The van der Waals surface area contributed by atoms with Crippen molar-refractivity contribution in [3.05, 3.63) is 51.5 Å². The van der Waals surface area contributed by atoms with Gasteiger partial charge in [-0.1, -0.05) is 18.6 Å². The molecule has 0 aliphatic rings. The van der Waals surface area contributed by atoms with Gasteiger partial charge in [-0.15, -0.1) is 0 Å². The van der Waals surface area contributed by atoms with Gasteiger partial charge in [0.2, 0.25) is 5.78 Å². The summed E-state index contributed by atoms with van der Waals surface area (Å²) in [6, 6.07) is 4.52. The fourth-order valence-corrected chi connectivity index (χ4v) is 2.39. The average molecular weight is 325 g/mol. The Hall–Kier alpha value is -1.49. The molecule has 100 valence electrons. The third-order valence-corrected chi connectivity index (χ3v) is 3.39. The monoisotopic (exact) mass is 324 g/mol. The molecule has 0 unspecified atom stereocenters. The number of ketones is 1. The molecule has 0 saturated heterocycles. The molecule has 0 bridgehead atoms. The van der Waals surface area contributed by atoms with Crippen LogP contribution in [0.3, 0.4) is 0 Å². The zero-order valence-electron chi connectivity index (χ0n) is 10.8. The molecular formula is C14H14BrFN2O. The van der Waals surface area contributed by atoms with E-state index in [9.17, 15) is 9.18 Å². The Balaban J connectivity index is 2.49. The van der Waals surface area contributed by atoms with Crippen molar-refractivity contribution in [2.24, 2.45) is 0 Å². The lowest BCUT2D eigenvalue weighted by molar-refractivity contribution is 0.102. The molecule has 2 aromatic rings. The Labute approximate surface area is 119 Å². The minimum atomic E-state index is -0.508. The molecule has 0 N–H and O–H groups in total. The van der Waals surface area contributed by atoms with E-state index in [1.165, 1.54) is 6.07 Å². The van der Waals surface area contributed by atoms with Gasteiger partial charge in [0, 0.05) is 6.54 Å². The van der Waals surface area contributed by atoms with Crippen molar-refractivity contribution >= 4 is 21.7 Å². The summed E-state index contributed by atoms with van der Waals surface area (Å²) in [6.45, 7) is 4.45. The molecule has 0 radical (unpaired) electrons. The molecule has 1 aromatic carbocycles. The van der Waals surface area contributed by atoms with Crippen LogP contribution < -0.4 is 0 Å². The van der Waals surface area contributed by atoms with Crippen molar-refractivity contribution in [3.63, 3.8) is 0 Å². The standard InChI is InChI=1S/C14H14BrFN2O/c1-3-6-18-13(11(15)8-17-18)14(19)10-7-9(2)4-5-12(10)16/h4-5,7-8H,3,6H2,1-2H3. The van der Waals surface area contributed by atoms with E-state index in [1.54, 1.807) is 23.0 Å². The van der Waals surface area contributed by atoms with Crippen LogP contribution in [0.15, 0.2) is 28.9 Å². The highest BCUT2D eigenvalue weighted by Gasteiger charge is 2.21. The van der Waals surface area contributed by atoms with Crippen LogP contribution in [0.5, 0.6) is 0 Å². The van der Waals surface area contributed by atoms with Gasteiger partial charge in [-0.3, -0.25) is 9.48 Å². The lowest BCUT2D eigenvalue weighted by Crippen LogP contribution is -2.13. The van der Waals surface area contributed by atoms with E-state index in [0.29, 0.717) is 16.7 Å². The first-order valence-corrected chi connectivity index (χ1v) is 6.86. The predicted octanol–water partition coefficient (Wildman–Crippen LogP) is 3.73.